The molecule has 1 atom stereocenters. The smallest absolute Gasteiger partial charge is 0.300 e. The number of Topliss-reactive ketones (excluding diaryl/α,β-unsaturated/α-hetero) is 1. The summed E-state index contributed by atoms with van der Waals surface area (Å²) in [5.74, 6) is -4.31. The summed E-state index contributed by atoms with van der Waals surface area (Å²) in [5.41, 5.74) is -0.582. The van der Waals surface area contributed by atoms with Crippen LogP contribution in [0.2, 0.25) is 5.02 Å². The van der Waals surface area contributed by atoms with E-state index in [0.29, 0.717) is 5.02 Å². The van der Waals surface area contributed by atoms with E-state index in [9.17, 15) is 23.5 Å². The van der Waals surface area contributed by atoms with Gasteiger partial charge >= 0.3 is 0 Å². The normalized spacial score (nSPS) is 18.4. The summed E-state index contributed by atoms with van der Waals surface area (Å²) < 4.78 is 33.6. The fraction of sp³-hybridized carbons (Fsp3) is 0.0476. The summed E-state index contributed by atoms with van der Waals surface area (Å²) in [7, 11) is 0. The van der Waals surface area contributed by atoms with Gasteiger partial charge in [-0.2, -0.15) is 0 Å². The van der Waals surface area contributed by atoms with Gasteiger partial charge in [-0.1, -0.05) is 23.7 Å². The third-order valence-corrected chi connectivity index (χ3v) is 4.76. The second-order valence-electron chi connectivity index (χ2n) is 6.29. The topological polar surface area (TPSA) is 70.8 Å². The van der Waals surface area contributed by atoms with E-state index in [1.165, 1.54) is 30.5 Å². The van der Waals surface area contributed by atoms with E-state index in [4.69, 9.17) is 16.0 Å². The molecular weight excluding hydrogens is 404 g/mol. The third kappa shape index (κ3) is 3.19. The first-order valence-electron chi connectivity index (χ1n) is 8.44. The first kappa shape index (κ1) is 18.9. The molecule has 146 valence electrons. The summed E-state index contributed by atoms with van der Waals surface area (Å²) >= 11 is 5.95. The number of benzene rings is 2. The Balaban J connectivity index is 1.97. The summed E-state index contributed by atoms with van der Waals surface area (Å²) in [5, 5.41) is 11.1. The molecule has 0 saturated carbocycles. The van der Waals surface area contributed by atoms with E-state index >= 15 is 0 Å². The minimum atomic E-state index is -1.29. The minimum Gasteiger partial charge on any atom is -0.507 e. The number of aliphatic hydroxyl groups is 1. The summed E-state index contributed by atoms with van der Waals surface area (Å²) in [6.45, 7) is 0. The van der Waals surface area contributed by atoms with Gasteiger partial charge in [0, 0.05) is 16.7 Å². The SMILES string of the molecule is O=C1C(=O)N(c2cc(F)ccc2F)C(c2ccco2)/C1=C(/O)c1cccc(Cl)c1. The van der Waals surface area contributed by atoms with Crippen LogP contribution in [-0.4, -0.2) is 16.8 Å². The maximum Gasteiger partial charge on any atom is 0.300 e. The highest BCUT2D eigenvalue weighted by Crippen LogP contribution is 2.43. The van der Waals surface area contributed by atoms with Crippen LogP contribution in [0.25, 0.3) is 5.76 Å². The molecule has 0 radical (unpaired) electrons. The van der Waals surface area contributed by atoms with Crippen molar-refractivity contribution < 1.29 is 27.9 Å². The van der Waals surface area contributed by atoms with Gasteiger partial charge in [-0.25, -0.2) is 8.78 Å². The Hall–Kier alpha value is -3.45. The maximum atomic E-state index is 14.4. The number of carbonyl (C=O) groups excluding carboxylic acids is 2. The number of amides is 1. The standard InChI is InChI=1S/C21H12ClF2NO4/c22-12-4-1-3-11(9-12)19(26)17-18(16-5-2-8-29-16)25(21(28)20(17)27)15-10-13(23)6-7-14(15)24/h1-10,18,26H/b19-17-. The van der Waals surface area contributed by atoms with Gasteiger partial charge in [-0.3, -0.25) is 14.5 Å². The lowest BCUT2D eigenvalue weighted by molar-refractivity contribution is -0.132. The van der Waals surface area contributed by atoms with Crippen molar-refractivity contribution in [2.45, 2.75) is 6.04 Å². The molecule has 2 heterocycles. The van der Waals surface area contributed by atoms with Crippen molar-refractivity contribution >= 4 is 34.7 Å². The van der Waals surface area contributed by atoms with Crippen molar-refractivity contribution in [3.8, 4) is 0 Å². The molecule has 1 unspecified atom stereocenters. The molecule has 0 aliphatic carbocycles. The van der Waals surface area contributed by atoms with E-state index in [1.54, 1.807) is 12.1 Å². The van der Waals surface area contributed by atoms with Crippen molar-refractivity contribution in [3.05, 3.63) is 94.4 Å². The fourth-order valence-corrected chi connectivity index (χ4v) is 3.45. The first-order valence-corrected chi connectivity index (χ1v) is 8.81. The number of halogens is 3. The highest BCUT2D eigenvalue weighted by molar-refractivity contribution is 6.51. The van der Waals surface area contributed by atoms with Gasteiger partial charge in [0.25, 0.3) is 11.7 Å². The van der Waals surface area contributed by atoms with Gasteiger partial charge in [0.2, 0.25) is 0 Å². The van der Waals surface area contributed by atoms with Crippen molar-refractivity contribution in [3.63, 3.8) is 0 Å². The van der Waals surface area contributed by atoms with Gasteiger partial charge in [0.1, 0.15) is 29.2 Å². The second kappa shape index (κ2) is 7.18. The Bertz CT molecular complexity index is 1160. The Labute approximate surface area is 168 Å². The molecule has 2 aromatic carbocycles. The van der Waals surface area contributed by atoms with Crippen LogP contribution < -0.4 is 4.90 Å². The highest BCUT2D eigenvalue weighted by atomic mass is 35.5. The van der Waals surface area contributed by atoms with E-state index in [2.05, 4.69) is 0 Å². The fourth-order valence-electron chi connectivity index (χ4n) is 3.26. The number of furan rings is 1. The van der Waals surface area contributed by atoms with Gasteiger partial charge in [-0.05, 0) is 36.4 Å². The average Bonchev–Trinajstić information content (AvgIpc) is 3.31. The molecule has 1 amide bonds. The molecule has 0 spiro atoms. The number of aliphatic hydroxyl groups excluding tert-OH is 1. The van der Waals surface area contributed by atoms with Crippen LogP contribution in [0.1, 0.15) is 17.4 Å². The molecule has 3 aromatic rings. The molecule has 0 bridgehead atoms. The molecule has 8 heteroatoms. The predicted molar refractivity (Wildman–Crippen MR) is 101 cm³/mol. The molecular formula is C21H12ClF2NO4. The Morgan fingerprint density at radius 3 is 2.55 bits per heavy atom. The molecule has 1 fully saturated rings. The molecule has 29 heavy (non-hydrogen) atoms. The summed E-state index contributed by atoms with van der Waals surface area (Å²) in [6.07, 6.45) is 1.30. The Morgan fingerprint density at radius 1 is 1.07 bits per heavy atom. The zero-order valence-electron chi connectivity index (χ0n) is 14.6. The Morgan fingerprint density at radius 2 is 1.86 bits per heavy atom. The van der Waals surface area contributed by atoms with Crippen LogP contribution in [0.5, 0.6) is 0 Å². The lowest BCUT2D eigenvalue weighted by atomic mass is 9.99. The third-order valence-electron chi connectivity index (χ3n) is 4.52. The quantitative estimate of drug-likeness (QED) is 0.377. The van der Waals surface area contributed by atoms with Crippen LogP contribution in [0, 0.1) is 11.6 Å². The molecule has 1 aliphatic heterocycles. The monoisotopic (exact) mass is 415 g/mol. The number of nitrogens with zero attached hydrogens (tertiary/aromatic N) is 1. The van der Waals surface area contributed by atoms with Gasteiger partial charge in [0.15, 0.2) is 0 Å². The zero-order valence-corrected chi connectivity index (χ0v) is 15.4. The number of hydrogen-bond donors (Lipinski definition) is 1. The van der Waals surface area contributed by atoms with E-state index < -0.39 is 40.8 Å². The maximum absolute atomic E-state index is 14.4. The van der Waals surface area contributed by atoms with Crippen LogP contribution >= 0.6 is 11.6 Å². The number of rotatable bonds is 3. The van der Waals surface area contributed by atoms with Crippen molar-refractivity contribution in [2.75, 3.05) is 4.90 Å². The lowest BCUT2D eigenvalue weighted by Crippen LogP contribution is -2.30. The largest absolute Gasteiger partial charge is 0.507 e. The van der Waals surface area contributed by atoms with Crippen molar-refractivity contribution in [1.29, 1.82) is 0 Å². The zero-order chi connectivity index (χ0) is 20.7. The molecule has 1 aromatic heterocycles. The van der Waals surface area contributed by atoms with Gasteiger partial charge in [-0.15, -0.1) is 0 Å². The van der Waals surface area contributed by atoms with Crippen molar-refractivity contribution in [1.82, 2.24) is 0 Å². The number of carbonyl (C=O) groups is 2. The second-order valence-corrected chi connectivity index (χ2v) is 6.73. The lowest BCUT2D eigenvalue weighted by Gasteiger charge is -2.23. The Kier molecular flexibility index (Phi) is 4.68. The number of ketones is 1. The first-order chi connectivity index (χ1) is 13.9. The minimum absolute atomic E-state index is 0.0939. The van der Waals surface area contributed by atoms with Crippen LogP contribution in [0.3, 0.4) is 0 Å². The molecule has 5 nitrogen and oxygen atoms in total. The van der Waals surface area contributed by atoms with Gasteiger partial charge in [0.05, 0.1) is 17.5 Å². The molecule has 1 aliphatic rings. The van der Waals surface area contributed by atoms with Gasteiger partial charge < -0.3 is 9.52 Å². The molecule has 1 N–H and O–H groups in total. The predicted octanol–water partition coefficient (Wildman–Crippen LogP) is 4.84. The highest BCUT2D eigenvalue weighted by Gasteiger charge is 2.49. The average molecular weight is 416 g/mol. The van der Waals surface area contributed by atoms with E-state index in [1.807, 2.05) is 0 Å². The summed E-state index contributed by atoms with van der Waals surface area (Å²) in [6, 6.07) is 10.3. The number of anilines is 1. The van der Waals surface area contributed by atoms with Crippen LogP contribution in [0.15, 0.2) is 70.9 Å². The molecule has 1 saturated heterocycles. The van der Waals surface area contributed by atoms with Crippen LogP contribution in [-0.2, 0) is 9.59 Å². The summed E-state index contributed by atoms with van der Waals surface area (Å²) in [4.78, 5) is 26.3. The number of hydrogen-bond acceptors (Lipinski definition) is 4. The van der Waals surface area contributed by atoms with Crippen LogP contribution in [0.4, 0.5) is 14.5 Å². The van der Waals surface area contributed by atoms with E-state index in [-0.39, 0.29) is 16.9 Å². The van der Waals surface area contributed by atoms with Crippen molar-refractivity contribution in [2.24, 2.45) is 0 Å². The van der Waals surface area contributed by atoms with E-state index in [0.717, 1.165) is 23.1 Å². The molecule has 4 rings (SSSR count).